The lowest BCUT2D eigenvalue weighted by molar-refractivity contribution is 0.0730. The van der Waals surface area contributed by atoms with Gasteiger partial charge in [0.1, 0.15) is 11.3 Å². The lowest BCUT2D eigenvalue weighted by Crippen LogP contribution is -2.31. The molecule has 0 unspecified atom stereocenters. The van der Waals surface area contributed by atoms with Gasteiger partial charge in [0, 0.05) is 6.54 Å². The summed E-state index contributed by atoms with van der Waals surface area (Å²) in [6.07, 6.45) is 0.682. The molecule has 0 aliphatic carbocycles. The summed E-state index contributed by atoms with van der Waals surface area (Å²) in [5.41, 5.74) is 2.67. The van der Waals surface area contributed by atoms with Crippen LogP contribution in [-0.4, -0.2) is 24.0 Å². The van der Waals surface area contributed by atoms with Crippen LogP contribution in [0, 0.1) is 0 Å². The van der Waals surface area contributed by atoms with E-state index in [1.165, 1.54) is 0 Å². The number of hydrogen-bond donors (Lipinski definition) is 0. The normalized spacial score (nSPS) is 15.2. The van der Waals surface area contributed by atoms with E-state index < -0.39 is 6.04 Å². The Bertz CT molecular complexity index is 1330. The van der Waals surface area contributed by atoms with Crippen LogP contribution < -0.4 is 10.2 Å². The minimum absolute atomic E-state index is 0.139. The Labute approximate surface area is 185 Å². The molecule has 5 nitrogen and oxygen atoms in total. The van der Waals surface area contributed by atoms with Gasteiger partial charge in [0.25, 0.3) is 5.91 Å². The molecule has 0 N–H and O–H groups in total. The molecule has 32 heavy (non-hydrogen) atoms. The van der Waals surface area contributed by atoms with Crippen molar-refractivity contribution in [3.8, 4) is 5.75 Å². The van der Waals surface area contributed by atoms with Crippen LogP contribution in [0.25, 0.3) is 11.0 Å². The van der Waals surface area contributed by atoms with Gasteiger partial charge in [-0.05, 0) is 48.7 Å². The maximum Gasteiger partial charge on any atom is 0.290 e. The van der Waals surface area contributed by atoms with E-state index in [1.54, 1.807) is 23.1 Å². The fourth-order valence-corrected chi connectivity index (χ4v) is 4.35. The summed E-state index contributed by atoms with van der Waals surface area (Å²) < 4.78 is 11.5. The number of nitrogens with zero attached hydrogens (tertiary/aromatic N) is 1. The molecular formula is C27H23NO4. The highest BCUT2D eigenvalue weighted by Crippen LogP contribution is 2.38. The number of benzene rings is 3. The number of rotatable bonds is 6. The van der Waals surface area contributed by atoms with Crippen molar-refractivity contribution in [2.75, 3.05) is 13.2 Å². The molecule has 0 spiro atoms. The quantitative estimate of drug-likeness (QED) is 0.437. The minimum atomic E-state index is -0.502. The number of para-hydroxylation sites is 1. The summed E-state index contributed by atoms with van der Waals surface area (Å²) in [5, 5.41) is 0.486. The van der Waals surface area contributed by atoms with Gasteiger partial charge in [-0.3, -0.25) is 9.59 Å². The number of carbonyl (C=O) groups is 1. The van der Waals surface area contributed by atoms with Gasteiger partial charge in [-0.15, -0.1) is 0 Å². The fraction of sp³-hybridized carbons (Fsp3) is 0.185. The Morgan fingerprint density at radius 2 is 1.62 bits per heavy atom. The molecule has 5 heteroatoms. The summed E-state index contributed by atoms with van der Waals surface area (Å²) >= 11 is 0. The van der Waals surface area contributed by atoms with Gasteiger partial charge in [-0.1, -0.05) is 54.6 Å². The molecule has 0 saturated carbocycles. The van der Waals surface area contributed by atoms with Gasteiger partial charge in [0.15, 0.2) is 5.43 Å². The standard InChI is InChI=1S/C27H23NO4/c1-2-31-20-14-12-19(13-15-20)24-23-25(29)21-10-6-7-11-22(21)32-26(23)27(30)28(24)17-16-18-8-4-3-5-9-18/h3-15,24H,2,16-17H2,1H3/t24-/m1/s1. The van der Waals surface area contributed by atoms with Crippen LogP contribution in [0.15, 0.2) is 88.1 Å². The van der Waals surface area contributed by atoms with Crippen LogP contribution in [0.1, 0.15) is 40.2 Å². The van der Waals surface area contributed by atoms with Crippen molar-refractivity contribution in [1.82, 2.24) is 4.90 Å². The lowest BCUT2D eigenvalue weighted by Gasteiger charge is -2.25. The van der Waals surface area contributed by atoms with E-state index in [9.17, 15) is 9.59 Å². The molecule has 1 atom stereocenters. The number of fused-ring (bicyclic) bond motifs is 2. The third kappa shape index (κ3) is 3.46. The Morgan fingerprint density at radius 1 is 0.906 bits per heavy atom. The molecule has 1 aliphatic heterocycles. The largest absolute Gasteiger partial charge is 0.494 e. The van der Waals surface area contributed by atoms with Gasteiger partial charge in [0.05, 0.1) is 23.6 Å². The molecule has 1 aliphatic rings. The van der Waals surface area contributed by atoms with Gasteiger partial charge in [0.2, 0.25) is 5.76 Å². The predicted molar refractivity (Wildman–Crippen MR) is 123 cm³/mol. The van der Waals surface area contributed by atoms with Crippen molar-refractivity contribution in [2.24, 2.45) is 0 Å². The molecule has 3 aromatic carbocycles. The van der Waals surface area contributed by atoms with Gasteiger partial charge >= 0.3 is 0 Å². The molecule has 5 rings (SSSR count). The summed E-state index contributed by atoms with van der Waals surface area (Å²) in [4.78, 5) is 28.7. The molecule has 0 radical (unpaired) electrons. The highest BCUT2D eigenvalue weighted by Gasteiger charge is 2.42. The van der Waals surface area contributed by atoms with E-state index in [4.69, 9.17) is 9.15 Å². The highest BCUT2D eigenvalue weighted by molar-refractivity contribution is 5.99. The van der Waals surface area contributed by atoms with Crippen molar-refractivity contribution >= 4 is 16.9 Å². The topological polar surface area (TPSA) is 59.8 Å². The van der Waals surface area contributed by atoms with Crippen LogP contribution in [0.2, 0.25) is 0 Å². The Kier molecular flexibility index (Phi) is 5.23. The monoisotopic (exact) mass is 425 g/mol. The van der Waals surface area contributed by atoms with Gasteiger partial charge < -0.3 is 14.1 Å². The van der Waals surface area contributed by atoms with E-state index >= 15 is 0 Å². The zero-order valence-electron chi connectivity index (χ0n) is 17.8. The molecule has 0 fully saturated rings. The Hall–Kier alpha value is -3.86. The minimum Gasteiger partial charge on any atom is -0.494 e. The number of hydrogen-bond acceptors (Lipinski definition) is 4. The third-order valence-electron chi connectivity index (χ3n) is 5.86. The van der Waals surface area contributed by atoms with Crippen LogP contribution in [0.5, 0.6) is 5.75 Å². The second-order valence-electron chi connectivity index (χ2n) is 7.81. The van der Waals surface area contributed by atoms with E-state index in [0.29, 0.717) is 36.1 Å². The van der Waals surface area contributed by atoms with Gasteiger partial charge in [-0.25, -0.2) is 0 Å². The van der Waals surface area contributed by atoms with E-state index in [0.717, 1.165) is 16.9 Å². The first-order chi connectivity index (χ1) is 15.7. The predicted octanol–water partition coefficient (Wildman–Crippen LogP) is 4.98. The molecule has 1 amide bonds. The highest BCUT2D eigenvalue weighted by atomic mass is 16.5. The van der Waals surface area contributed by atoms with Crippen LogP contribution in [0.3, 0.4) is 0 Å². The first-order valence-corrected chi connectivity index (χ1v) is 10.8. The van der Waals surface area contributed by atoms with Crippen molar-refractivity contribution < 1.29 is 13.9 Å². The first kappa shape index (κ1) is 20.1. The fourth-order valence-electron chi connectivity index (χ4n) is 4.35. The smallest absolute Gasteiger partial charge is 0.290 e. The molecule has 4 aromatic rings. The number of ether oxygens (including phenoxy) is 1. The summed E-state index contributed by atoms with van der Waals surface area (Å²) in [7, 11) is 0. The first-order valence-electron chi connectivity index (χ1n) is 10.8. The Morgan fingerprint density at radius 3 is 2.38 bits per heavy atom. The maximum atomic E-state index is 13.5. The van der Waals surface area contributed by atoms with Crippen molar-refractivity contribution in [2.45, 2.75) is 19.4 Å². The van der Waals surface area contributed by atoms with Crippen molar-refractivity contribution in [3.05, 3.63) is 112 Å². The summed E-state index contributed by atoms with van der Waals surface area (Å²) in [6, 6.07) is 24.2. The summed E-state index contributed by atoms with van der Waals surface area (Å²) in [6.45, 7) is 2.98. The zero-order chi connectivity index (χ0) is 22.1. The number of carbonyl (C=O) groups excluding carboxylic acids is 1. The molecule has 2 heterocycles. The molecular weight excluding hydrogens is 402 g/mol. The molecule has 0 bridgehead atoms. The van der Waals surface area contributed by atoms with E-state index in [-0.39, 0.29) is 17.1 Å². The van der Waals surface area contributed by atoms with Crippen LogP contribution >= 0.6 is 0 Å². The van der Waals surface area contributed by atoms with E-state index in [1.807, 2.05) is 67.6 Å². The zero-order valence-corrected chi connectivity index (χ0v) is 17.8. The van der Waals surface area contributed by atoms with Crippen molar-refractivity contribution in [3.63, 3.8) is 0 Å². The number of amides is 1. The molecule has 1 aromatic heterocycles. The maximum absolute atomic E-state index is 13.5. The second kappa shape index (κ2) is 8.35. The van der Waals surface area contributed by atoms with Crippen molar-refractivity contribution in [1.29, 1.82) is 0 Å². The molecule has 0 saturated heterocycles. The average molecular weight is 425 g/mol. The second-order valence-corrected chi connectivity index (χ2v) is 7.81. The SMILES string of the molecule is CCOc1ccc([C@@H]2c3c(oc4ccccc4c3=O)C(=O)N2CCc2ccccc2)cc1. The summed E-state index contributed by atoms with van der Waals surface area (Å²) in [5.74, 6) is 0.639. The van der Waals surface area contributed by atoms with Crippen LogP contribution in [-0.2, 0) is 6.42 Å². The van der Waals surface area contributed by atoms with Gasteiger partial charge in [-0.2, -0.15) is 0 Å². The lowest BCUT2D eigenvalue weighted by atomic mass is 9.98. The average Bonchev–Trinajstić information content (AvgIpc) is 3.11. The molecule has 160 valence electrons. The Balaban J connectivity index is 1.61. The third-order valence-corrected chi connectivity index (χ3v) is 5.86. The van der Waals surface area contributed by atoms with Crippen LogP contribution in [0.4, 0.5) is 0 Å². The van der Waals surface area contributed by atoms with E-state index in [2.05, 4.69) is 0 Å².